The van der Waals surface area contributed by atoms with E-state index in [2.05, 4.69) is 5.32 Å². The van der Waals surface area contributed by atoms with Crippen LogP contribution in [0, 0.1) is 0 Å². The number of nitrogens with one attached hydrogen (secondary N) is 1. The zero-order valence-electron chi connectivity index (χ0n) is 16.9. The van der Waals surface area contributed by atoms with Crippen molar-refractivity contribution in [3.8, 4) is 11.5 Å². The van der Waals surface area contributed by atoms with Gasteiger partial charge in [-0.15, -0.1) is 0 Å². The fraction of sp³-hybridized carbons (Fsp3) is 0.174. The quantitative estimate of drug-likeness (QED) is 0.308. The maximum atomic E-state index is 11.2. The molecule has 3 rings (SSSR count). The Kier molecular flexibility index (Phi) is 8.38. The Morgan fingerprint density at radius 1 is 0.875 bits per heavy atom. The molecule has 2 N–H and O–H groups in total. The van der Waals surface area contributed by atoms with E-state index in [0.29, 0.717) is 50.4 Å². The molecule has 0 fully saturated rings. The number of carboxylic acids is 1. The first-order chi connectivity index (χ1) is 15.3. The molecule has 0 heterocycles. The Labute approximate surface area is 205 Å². The number of aromatic carboxylic acids is 1. The van der Waals surface area contributed by atoms with Crippen LogP contribution in [-0.4, -0.2) is 17.7 Å². The largest absolute Gasteiger partial charge is 0.490 e. The molecule has 0 aliphatic carbocycles. The predicted molar refractivity (Wildman–Crippen MR) is 129 cm³/mol. The van der Waals surface area contributed by atoms with Gasteiger partial charge in [-0.2, -0.15) is 0 Å². The number of hydrogen-bond donors (Lipinski definition) is 2. The molecular formula is C23H19Cl4NO4. The Morgan fingerprint density at radius 3 is 2.28 bits per heavy atom. The van der Waals surface area contributed by atoms with Crippen molar-refractivity contribution >= 4 is 58.1 Å². The van der Waals surface area contributed by atoms with E-state index in [1.165, 1.54) is 18.2 Å². The first kappa shape index (κ1) is 24.3. The lowest BCUT2D eigenvalue weighted by Crippen LogP contribution is -2.05. The first-order valence-corrected chi connectivity index (χ1v) is 11.1. The average molecular weight is 515 g/mol. The summed E-state index contributed by atoms with van der Waals surface area (Å²) < 4.78 is 11.6. The molecule has 168 valence electrons. The number of benzene rings is 3. The highest BCUT2D eigenvalue weighted by Crippen LogP contribution is 2.35. The molecule has 0 radical (unpaired) electrons. The second kappa shape index (κ2) is 11.0. The highest BCUT2D eigenvalue weighted by atomic mass is 35.5. The molecule has 0 aromatic heterocycles. The van der Waals surface area contributed by atoms with Crippen LogP contribution in [-0.2, 0) is 13.2 Å². The third kappa shape index (κ3) is 6.14. The van der Waals surface area contributed by atoms with E-state index in [1.807, 2.05) is 6.92 Å². The SMILES string of the molecule is CCOc1cc(CNc2cc(C(=O)O)ccc2Cl)c(Cl)cc1OCc1ccc(Cl)cc1Cl. The number of anilines is 1. The summed E-state index contributed by atoms with van der Waals surface area (Å²) in [6, 6.07) is 13.1. The van der Waals surface area contributed by atoms with Crippen molar-refractivity contribution in [3.63, 3.8) is 0 Å². The lowest BCUT2D eigenvalue weighted by molar-refractivity contribution is 0.0697. The third-order valence-corrected chi connectivity index (χ3v) is 5.76. The lowest BCUT2D eigenvalue weighted by Gasteiger charge is -2.16. The summed E-state index contributed by atoms with van der Waals surface area (Å²) in [5.41, 5.74) is 2.11. The Bertz CT molecular complexity index is 1140. The molecule has 0 bridgehead atoms. The van der Waals surface area contributed by atoms with Crippen LogP contribution in [0.5, 0.6) is 11.5 Å². The highest BCUT2D eigenvalue weighted by Gasteiger charge is 2.14. The standard InChI is InChI=1S/C23H19Cl4NO4/c1-2-31-21-8-15(11-28-20-7-13(23(29)30)4-6-17(20)25)19(27)10-22(21)32-12-14-3-5-16(24)9-18(14)26/h3-10,28H,2,11-12H2,1H3,(H,29,30). The monoisotopic (exact) mass is 513 g/mol. The minimum atomic E-state index is -1.04. The van der Waals surface area contributed by atoms with Crippen molar-refractivity contribution in [2.45, 2.75) is 20.1 Å². The summed E-state index contributed by atoms with van der Waals surface area (Å²) in [6.45, 7) is 2.80. The van der Waals surface area contributed by atoms with E-state index >= 15 is 0 Å². The van der Waals surface area contributed by atoms with E-state index in [1.54, 1.807) is 30.3 Å². The van der Waals surface area contributed by atoms with Gasteiger partial charge in [0.1, 0.15) is 6.61 Å². The molecule has 32 heavy (non-hydrogen) atoms. The normalized spacial score (nSPS) is 10.7. The van der Waals surface area contributed by atoms with Crippen LogP contribution in [0.2, 0.25) is 20.1 Å². The van der Waals surface area contributed by atoms with Gasteiger partial charge in [0.15, 0.2) is 11.5 Å². The van der Waals surface area contributed by atoms with E-state index in [0.717, 1.165) is 11.1 Å². The molecule has 0 saturated heterocycles. The summed E-state index contributed by atoms with van der Waals surface area (Å²) in [4.78, 5) is 11.2. The van der Waals surface area contributed by atoms with Crippen molar-refractivity contribution in [2.24, 2.45) is 0 Å². The highest BCUT2D eigenvalue weighted by molar-refractivity contribution is 6.35. The summed E-state index contributed by atoms with van der Waals surface area (Å²) in [7, 11) is 0. The summed E-state index contributed by atoms with van der Waals surface area (Å²) >= 11 is 24.8. The fourth-order valence-electron chi connectivity index (χ4n) is 2.87. The van der Waals surface area contributed by atoms with Gasteiger partial charge in [0.2, 0.25) is 0 Å². The minimum absolute atomic E-state index is 0.127. The first-order valence-electron chi connectivity index (χ1n) is 9.57. The second-order valence-electron chi connectivity index (χ2n) is 6.70. The summed E-state index contributed by atoms with van der Waals surface area (Å²) in [5.74, 6) is -0.0506. The minimum Gasteiger partial charge on any atom is -0.490 e. The molecule has 0 atom stereocenters. The van der Waals surface area contributed by atoms with Gasteiger partial charge >= 0.3 is 5.97 Å². The van der Waals surface area contributed by atoms with Crippen molar-refractivity contribution in [3.05, 3.63) is 85.3 Å². The average Bonchev–Trinajstić information content (AvgIpc) is 2.74. The molecule has 3 aromatic rings. The van der Waals surface area contributed by atoms with E-state index < -0.39 is 5.97 Å². The maximum absolute atomic E-state index is 11.2. The van der Waals surface area contributed by atoms with Crippen LogP contribution in [0.3, 0.4) is 0 Å². The molecule has 0 saturated carbocycles. The predicted octanol–water partition coefficient (Wildman–Crippen LogP) is 7.59. The fourth-order valence-corrected chi connectivity index (χ4v) is 3.74. The van der Waals surface area contributed by atoms with E-state index in [4.69, 9.17) is 55.9 Å². The van der Waals surface area contributed by atoms with Crippen molar-refractivity contribution in [1.82, 2.24) is 0 Å². The molecule has 0 amide bonds. The maximum Gasteiger partial charge on any atom is 0.335 e. The van der Waals surface area contributed by atoms with Gasteiger partial charge in [-0.25, -0.2) is 4.79 Å². The topological polar surface area (TPSA) is 67.8 Å². The number of carbonyl (C=O) groups is 1. The van der Waals surface area contributed by atoms with Crippen molar-refractivity contribution in [2.75, 3.05) is 11.9 Å². The van der Waals surface area contributed by atoms with Crippen LogP contribution >= 0.6 is 46.4 Å². The van der Waals surface area contributed by atoms with Crippen molar-refractivity contribution in [1.29, 1.82) is 0 Å². The molecule has 9 heteroatoms. The Balaban J connectivity index is 1.79. The van der Waals surface area contributed by atoms with Gasteiger partial charge in [0.25, 0.3) is 0 Å². The smallest absolute Gasteiger partial charge is 0.335 e. The van der Waals surface area contributed by atoms with Crippen LogP contribution in [0.25, 0.3) is 0 Å². The number of halogens is 4. The van der Waals surface area contributed by atoms with Gasteiger partial charge < -0.3 is 19.9 Å². The zero-order chi connectivity index (χ0) is 23.3. The molecule has 0 spiro atoms. The summed E-state index contributed by atoms with van der Waals surface area (Å²) in [5, 5.41) is 14.2. The van der Waals surface area contributed by atoms with E-state index in [-0.39, 0.29) is 12.2 Å². The number of ether oxygens (including phenoxy) is 2. The number of rotatable bonds is 9. The van der Waals surface area contributed by atoms with Gasteiger partial charge in [-0.1, -0.05) is 52.5 Å². The van der Waals surface area contributed by atoms with Crippen LogP contribution < -0.4 is 14.8 Å². The molecule has 0 aliphatic rings. The molecular weight excluding hydrogens is 496 g/mol. The molecule has 0 unspecified atom stereocenters. The number of carboxylic acid groups (broad SMARTS) is 1. The van der Waals surface area contributed by atoms with Crippen LogP contribution in [0.1, 0.15) is 28.4 Å². The third-order valence-electron chi connectivity index (χ3n) is 4.49. The van der Waals surface area contributed by atoms with E-state index in [9.17, 15) is 9.90 Å². The lowest BCUT2D eigenvalue weighted by atomic mass is 10.1. The van der Waals surface area contributed by atoms with Crippen LogP contribution in [0.4, 0.5) is 5.69 Å². The Hall–Kier alpha value is -2.31. The van der Waals surface area contributed by atoms with Gasteiger partial charge in [-0.05, 0) is 48.9 Å². The van der Waals surface area contributed by atoms with Gasteiger partial charge in [0, 0.05) is 33.2 Å². The number of hydrogen-bond acceptors (Lipinski definition) is 4. The molecule has 0 aliphatic heterocycles. The summed E-state index contributed by atoms with van der Waals surface area (Å²) in [6.07, 6.45) is 0. The molecule has 5 nitrogen and oxygen atoms in total. The van der Waals surface area contributed by atoms with Crippen molar-refractivity contribution < 1.29 is 19.4 Å². The Morgan fingerprint density at radius 2 is 1.59 bits per heavy atom. The van der Waals surface area contributed by atoms with Gasteiger partial charge in [-0.3, -0.25) is 0 Å². The second-order valence-corrected chi connectivity index (χ2v) is 8.36. The zero-order valence-corrected chi connectivity index (χ0v) is 19.9. The van der Waals surface area contributed by atoms with Gasteiger partial charge in [0.05, 0.1) is 22.9 Å². The van der Waals surface area contributed by atoms with Crippen LogP contribution in [0.15, 0.2) is 48.5 Å². The molecule has 3 aromatic carbocycles.